The zero-order chi connectivity index (χ0) is 13.9. The highest BCUT2D eigenvalue weighted by Crippen LogP contribution is 2.34. The molecule has 0 saturated carbocycles. The molecular weight excluding hydrogens is 259 g/mol. The Hall–Kier alpha value is -1.98. The van der Waals surface area contributed by atoms with Gasteiger partial charge in [0.1, 0.15) is 11.9 Å². The highest BCUT2D eigenvalue weighted by atomic mass is 19.1. The summed E-state index contributed by atoms with van der Waals surface area (Å²) in [6.07, 6.45) is 2.86. The Morgan fingerprint density at radius 3 is 2.75 bits per heavy atom. The van der Waals surface area contributed by atoms with Crippen LogP contribution < -0.4 is 4.90 Å². The van der Waals surface area contributed by atoms with Gasteiger partial charge in [-0.25, -0.2) is 4.39 Å². The Morgan fingerprint density at radius 1 is 1.30 bits per heavy atom. The Morgan fingerprint density at radius 2 is 2.10 bits per heavy atom. The summed E-state index contributed by atoms with van der Waals surface area (Å²) in [7, 11) is 0. The number of hydrogen-bond donors (Lipinski definition) is 1. The van der Waals surface area contributed by atoms with Crippen LogP contribution in [0.15, 0.2) is 48.8 Å². The topological polar surface area (TPSA) is 45.6 Å². The molecular formula is C15H15FN2O2. The number of pyridine rings is 1. The SMILES string of the molecule is OCC1CN(c2ccc(F)cc2)C(c2cccnc2)O1. The van der Waals surface area contributed by atoms with Crippen LogP contribution in [0.1, 0.15) is 11.8 Å². The van der Waals surface area contributed by atoms with Crippen molar-refractivity contribution in [3.05, 3.63) is 60.2 Å². The molecule has 0 aliphatic carbocycles. The van der Waals surface area contributed by atoms with Crippen molar-refractivity contribution in [1.82, 2.24) is 4.98 Å². The molecule has 104 valence electrons. The number of aliphatic hydroxyl groups is 1. The summed E-state index contributed by atoms with van der Waals surface area (Å²) < 4.78 is 18.9. The van der Waals surface area contributed by atoms with Crippen LogP contribution >= 0.6 is 0 Å². The van der Waals surface area contributed by atoms with Crippen molar-refractivity contribution in [2.45, 2.75) is 12.3 Å². The Kier molecular flexibility index (Phi) is 3.62. The van der Waals surface area contributed by atoms with Crippen molar-refractivity contribution < 1.29 is 14.2 Å². The van der Waals surface area contributed by atoms with E-state index >= 15 is 0 Å². The van der Waals surface area contributed by atoms with Crippen molar-refractivity contribution in [2.75, 3.05) is 18.1 Å². The zero-order valence-electron chi connectivity index (χ0n) is 10.8. The number of aliphatic hydroxyl groups excluding tert-OH is 1. The number of halogens is 1. The van der Waals surface area contributed by atoms with Crippen LogP contribution in [0.5, 0.6) is 0 Å². The first-order valence-corrected chi connectivity index (χ1v) is 6.46. The van der Waals surface area contributed by atoms with Crippen molar-refractivity contribution in [2.24, 2.45) is 0 Å². The minimum Gasteiger partial charge on any atom is -0.394 e. The van der Waals surface area contributed by atoms with Gasteiger partial charge in [0.15, 0.2) is 6.23 Å². The first-order chi connectivity index (χ1) is 9.78. The average Bonchev–Trinajstić information content (AvgIpc) is 2.93. The Balaban J connectivity index is 1.92. The summed E-state index contributed by atoms with van der Waals surface area (Å²) in [4.78, 5) is 6.09. The van der Waals surface area contributed by atoms with Gasteiger partial charge in [-0.2, -0.15) is 0 Å². The summed E-state index contributed by atoms with van der Waals surface area (Å²) in [5.74, 6) is -0.273. The molecule has 1 aliphatic rings. The second-order valence-corrected chi connectivity index (χ2v) is 4.71. The van der Waals surface area contributed by atoms with E-state index in [0.717, 1.165) is 11.3 Å². The fourth-order valence-electron chi connectivity index (χ4n) is 2.37. The smallest absolute Gasteiger partial charge is 0.158 e. The molecule has 1 N–H and O–H groups in total. The zero-order valence-corrected chi connectivity index (χ0v) is 10.8. The molecule has 1 aliphatic heterocycles. The van der Waals surface area contributed by atoms with E-state index < -0.39 is 0 Å². The maximum Gasteiger partial charge on any atom is 0.158 e. The molecule has 2 unspecified atom stereocenters. The van der Waals surface area contributed by atoms with Crippen LogP contribution in [0, 0.1) is 5.82 Å². The van der Waals surface area contributed by atoms with E-state index in [1.165, 1.54) is 12.1 Å². The van der Waals surface area contributed by atoms with Gasteiger partial charge >= 0.3 is 0 Å². The maximum atomic E-state index is 13.0. The van der Waals surface area contributed by atoms with Gasteiger partial charge in [0.25, 0.3) is 0 Å². The van der Waals surface area contributed by atoms with Gasteiger partial charge < -0.3 is 14.7 Å². The molecule has 0 amide bonds. The fourth-order valence-corrected chi connectivity index (χ4v) is 2.37. The summed E-state index contributed by atoms with van der Waals surface area (Å²) in [5, 5.41) is 9.31. The van der Waals surface area contributed by atoms with E-state index in [1.807, 2.05) is 17.0 Å². The molecule has 20 heavy (non-hydrogen) atoms. The molecule has 1 saturated heterocycles. The van der Waals surface area contributed by atoms with E-state index in [2.05, 4.69) is 4.98 Å². The first-order valence-electron chi connectivity index (χ1n) is 6.46. The number of nitrogens with zero attached hydrogens (tertiary/aromatic N) is 2. The van der Waals surface area contributed by atoms with Crippen molar-refractivity contribution >= 4 is 5.69 Å². The second kappa shape index (κ2) is 5.56. The monoisotopic (exact) mass is 274 g/mol. The molecule has 2 heterocycles. The van der Waals surface area contributed by atoms with Gasteiger partial charge in [0, 0.05) is 30.2 Å². The number of rotatable bonds is 3. The van der Waals surface area contributed by atoms with Crippen molar-refractivity contribution in [3.8, 4) is 0 Å². The first kappa shape index (κ1) is 13.0. The van der Waals surface area contributed by atoms with Crippen LogP contribution in [0.25, 0.3) is 0 Å². The molecule has 2 aromatic rings. The average molecular weight is 274 g/mol. The molecule has 0 spiro atoms. The quantitative estimate of drug-likeness (QED) is 0.931. The Bertz CT molecular complexity index is 562. The number of anilines is 1. The van der Waals surface area contributed by atoms with E-state index in [9.17, 15) is 9.50 Å². The summed E-state index contributed by atoms with van der Waals surface area (Å²) >= 11 is 0. The molecule has 1 fully saturated rings. The summed E-state index contributed by atoms with van der Waals surface area (Å²) in [6, 6.07) is 10.0. The predicted octanol–water partition coefficient (Wildman–Crippen LogP) is 2.12. The highest BCUT2D eigenvalue weighted by Gasteiger charge is 2.33. The van der Waals surface area contributed by atoms with E-state index in [-0.39, 0.29) is 24.8 Å². The number of ether oxygens (including phenoxy) is 1. The molecule has 1 aromatic carbocycles. The van der Waals surface area contributed by atoms with Gasteiger partial charge in [-0.1, -0.05) is 6.07 Å². The number of aromatic nitrogens is 1. The normalized spacial score (nSPS) is 22.2. The largest absolute Gasteiger partial charge is 0.394 e. The van der Waals surface area contributed by atoms with Crippen LogP contribution in [0.3, 0.4) is 0 Å². The summed E-state index contributed by atoms with van der Waals surface area (Å²) in [6.45, 7) is 0.510. The third-order valence-corrected chi connectivity index (χ3v) is 3.34. The maximum absolute atomic E-state index is 13.0. The minimum atomic E-state index is -0.314. The lowest BCUT2D eigenvalue weighted by Crippen LogP contribution is -2.25. The lowest BCUT2D eigenvalue weighted by atomic mass is 10.2. The fraction of sp³-hybridized carbons (Fsp3) is 0.267. The van der Waals surface area contributed by atoms with E-state index in [4.69, 9.17) is 4.74 Å². The van der Waals surface area contributed by atoms with Gasteiger partial charge in [0.05, 0.1) is 6.61 Å². The molecule has 1 aromatic heterocycles. The van der Waals surface area contributed by atoms with Gasteiger partial charge in [-0.15, -0.1) is 0 Å². The van der Waals surface area contributed by atoms with Gasteiger partial charge in [-0.05, 0) is 30.3 Å². The molecule has 3 rings (SSSR count). The summed E-state index contributed by atoms with van der Waals surface area (Å²) in [5.41, 5.74) is 1.77. The molecule has 5 heteroatoms. The van der Waals surface area contributed by atoms with Crippen molar-refractivity contribution in [3.63, 3.8) is 0 Å². The third kappa shape index (κ3) is 2.50. The van der Waals surface area contributed by atoms with Crippen LogP contribution in [-0.2, 0) is 4.74 Å². The van der Waals surface area contributed by atoms with Crippen LogP contribution in [-0.4, -0.2) is 29.3 Å². The van der Waals surface area contributed by atoms with Crippen LogP contribution in [0.2, 0.25) is 0 Å². The Labute approximate surface area is 116 Å². The van der Waals surface area contributed by atoms with Crippen LogP contribution in [0.4, 0.5) is 10.1 Å². The number of hydrogen-bond acceptors (Lipinski definition) is 4. The van der Waals surface area contributed by atoms with Crippen molar-refractivity contribution in [1.29, 1.82) is 0 Å². The third-order valence-electron chi connectivity index (χ3n) is 3.34. The molecule has 4 nitrogen and oxygen atoms in total. The van der Waals surface area contributed by atoms with Gasteiger partial charge in [0.2, 0.25) is 0 Å². The molecule has 0 bridgehead atoms. The van der Waals surface area contributed by atoms with Gasteiger partial charge in [-0.3, -0.25) is 4.98 Å². The van der Waals surface area contributed by atoms with E-state index in [0.29, 0.717) is 6.54 Å². The van der Waals surface area contributed by atoms with E-state index in [1.54, 1.807) is 24.5 Å². The lowest BCUT2D eigenvalue weighted by Gasteiger charge is -2.25. The standard InChI is InChI=1S/C15H15FN2O2/c16-12-3-5-13(6-4-12)18-9-14(10-19)20-15(18)11-2-1-7-17-8-11/h1-8,14-15,19H,9-10H2. The molecule has 2 atom stereocenters. The minimum absolute atomic E-state index is 0.0472. The lowest BCUT2D eigenvalue weighted by molar-refractivity contribution is 0.0146. The predicted molar refractivity (Wildman–Crippen MR) is 72.7 cm³/mol. The second-order valence-electron chi connectivity index (χ2n) is 4.71. The molecule has 0 radical (unpaired) electrons. The highest BCUT2D eigenvalue weighted by molar-refractivity contribution is 5.49. The number of benzene rings is 1.